The summed E-state index contributed by atoms with van der Waals surface area (Å²) in [4.78, 5) is 25.0. The highest BCUT2D eigenvalue weighted by Crippen LogP contribution is 2.45. The first-order valence-corrected chi connectivity index (χ1v) is 17.2. The lowest BCUT2D eigenvalue weighted by Gasteiger charge is -2.38. The molecule has 1 saturated carbocycles. The SMILES string of the molecule is CC(C)Oc1ccc(C2(c3ccc(OC(=O)C(C)C(C)Oc4ccc(-c5ccc(OC(=O)C(C)C)cc5)cc4)cc3)CCCCC2)cc1. The smallest absolute Gasteiger partial charge is 0.317 e. The lowest BCUT2D eigenvalue weighted by Crippen LogP contribution is -2.31. The lowest BCUT2D eigenvalue weighted by molar-refractivity contribution is -0.141. The van der Waals surface area contributed by atoms with Crippen molar-refractivity contribution < 1.29 is 28.5 Å². The van der Waals surface area contributed by atoms with E-state index in [1.807, 2.05) is 76.2 Å². The van der Waals surface area contributed by atoms with E-state index in [9.17, 15) is 9.59 Å². The van der Waals surface area contributed by atoms with Crippen LogP contribution in [0.2, 0.25) is 0 Å². The van der Waals surface area contributed by atoms with Gasteiger partial charge in [-0.05, 0) is 111 Å². The van der Waals surface area contributed by atoms with Gasteiger partial charge in [-0.2, -0.15) is 0 Å². The average molecular weight is 649 g/mol. The molecule has 0 bridgehead atoms. The Morgan fingerprint density at radius 3 is 1.42 bits per heavy atom. The first kappa shape index (κ1) is 34.7. The van der Waals surface area contributed by atoms with E-state index in [0.29, 0.717) is 17.2 Å². The van der Waals surface area contributed by atoms with Crippen LogP contribution in [-0.4, -0.2) is 24.1 Å². The molecule has 1 aliphatic carbocycles. The first-order chi connectivity index (χ1) is 23.0. The van der Waals surface area contributed by atoms with Crippen molar-refractivity contribution in [2.24, 2.45) is 11.8 Å². The highest BCUT2D eigenvalue weighted by atomic mass is 16.5. The highest BCUT2D eigenvalue weighted by molar-refractivity contribution is 5.76. The van der Waals surface area contributed by atoms with Crippen LogP contribution in [0, 0.1) is 11.8 Å². The summed E-state index contributed by atoms with van der Waals surface area (Å²) >= 11 is 0. The number of hydrogen-bond acceptors (Lipinski definition) is 6. The van der Waals surface area contributed by atoms with Gasteiger partial charge in [0.1, 0.15) is 29.1 Å². The molecular formula is C42H48O6. The molecule has 0 aliphatic heterocycles. The molecule has 1 aliphatic rings. The van der Waals surface area contributed by atoms with Gasteiger partial charge in [0, 0.05) is 5.41 Å². The Balaban J connectivity index is 1.18. The third-order valence-electron chi connectivity index (χ3n) is 9.24. The maximum absolute atomic E-state index is 13.1. The van der Waals surface area contributed by atoms with Crippen LogP contribution >= 0.6 is 0 Å². The van der Waals surface area contributed by atoms with Crippen LogP contribution in [0.15, 0.2) is 97.1 Å². The normalized spacial score (nSPS) is 15.4. The standard InChI is InChI=1S/C42H48O6/c1-28(2)40(43)47-38-20-12-33(13-21-38)32-10-18-37(19-11-32)46-31(6)30(5)41(44)48-39-24-16-35(17-25-39)42(26-8-7-9-27-42)34-14-22-36(23-15-34)45-29(3)4/h10-25,28-31H,7-9,26-27H2,1-6H3. The summed E-state index contributed by atoms with van der Waals surface area (Å²) in [5, 5.41) is 0. The van der Waals surface area contributed by atoms with E-state index in [-0.39, 0.29) is 29.4 Å². The number of rotatable bonds is 12. The lowest BCUT2D eigenvalue weighted by atomic mass is 9.65. The third-order valence-corrected chi connectivity index (χ3v) is 9.24. The summed E-state index contributed by atoms with van der Waals surface area (Å²) < 4.78 is 23.2. The summed E-state index contributed by atoms with van der Waals surface area (Å²) in [7, 11) is 0. The second-order valence-corrected chi connectivity index (χ2v) is 13.5. The fourth-order valence-corrected chi connectivity index (χ4v) is 6.26. The van der Waals surface area contributed by atoms with Crippen molar-refractivity contribution in [1.82, 2.24) is 0 Å². The largest absolute Gasteiger partial charge is 0.491 e. The molecule has 4 aromatic rings. The molecule has 252 valence electrons. The predicted octanol–water partition coefficient (Wildman–Crippen LogP) is 9.96. The topological polar surface area (TPSA) is 71.1 Å². The second kappa shape index (κ2) is 15.5. The predicted molar refractivity (Wildman–Crippen MR) is 190 cm³/mol. The molecule has 5 rings (SSSR count). The van der Waals surface area contributed by atoms with E-state index in [2.05, 4.69) is 36.4 Å². The van der Waals surface area contributed by atoms with E-state index in [1.165, 1.54) is 30.4 Å². The van der Waals surface area contributed by atoms with Crippen molar-refractivity contribution in [1.29, 1.82) is 0 Å². The van der Waals surface area contributed by atoms with Crippen LogP contribution in [0.3, 0.4) is 0 Å². The Morgan fingerprint density at radius 1 is 0.521 bits per heavy atom. The molecule has 0 amide bonds. The van der Waals surface area contributed by atoms with Crippen LogP contribution in [0.1, 0.15) is 84.8 Å². The van der Waals surface area contributed by atoms with Gasteiger partial charge in [0.25, 0.3) is 0 Å². The van der Waals surface area contributed by atoms with E-state index in [1.54, 1.807) is 26.0 Å². The van der Waals surface area contributed by atoms with Crippen molar-refractivity contribution in [3.63, 3.8) is 0 Å². The molecule has 6 nitrogen and oxygen atoms in total. The number of esters is 2. The van der Waals surface area contributed by atoms with Gasteiger partial charge in [-0.1, -0.05) is 81.6 Å². The summed E-state index contributed by atoms with van der Waals surface area (Å²) in [6.07, 6.45) is 5.54. The minimum absolute atomic E-state index is 0.0614. The molecule has 4 aromatic carbocycles. The minimum atomic E-state index is -0.485. The summed E-state index contributed by atoms with van der Waals surface area (Å²) in [6, 6.07) is 31.8. The minimum Gasteiger partial charge on any atom is -0.491 e. The molecule has 0 spiro atoms. The third kappa shape index (κ3) is 8.46. The molecule has 48 heavy (non-hydrogen) atoms. The maximum Gasteiger partial charge on any atom is 0.317 e. The molecule has 6 heteroatoms. The Hall–Kier alpha value is -4.58. The van der Waals surface area contributed by atoms with Crippen molar-refractivity contribution in [2.45, 2.75) is 91.3 Å². The molecule has 0 radical (unpaired) electrons. The second-order valence-electron chi connectivity index (χ2n) is 13.5. The highest BCUT2D eigenvalue weighted by Gasteiger charge is 2.36. The van der Waals surface area contributed by atoms with Crippen LogP contribution in [0.4, 0.5) is 0 Å². The van der Waals surface area contributed by atoms with Gasteiger partial charge < -0.3 is 18.9 Å². The van der Waals surface area contributed by atoms with Crippen LogP contribution < -0.4 is 18.9 Å². The zero-order chi connectivity index (χ0) is 34.3. The molecule has 0 N–H and O–H groups in total. The van der Waals surface area contributed by atoms with Crippen LogP contribution in [0.25, 0.3) is 11.1 Å². The van der Waals surface area contributed by atoms with Gasteiger partial charge in [-0.3, -0.25) is 9.59 Å². The molecule has 2 unspecified atom stereocenters. The molecule has 0 aromatic heterocycles. The molecule has 1 fully saturated rings. The summed E-state index contributed by atoms with van der Waals surface area (Å²) in [6.45, 7) is 11.4. The van der Waals surface area contributed by atoms with Gasteiger partial charge in [-0.25, -0.2) is 0 Å². The van der Waals surface area contributed by atoms with Gasteiger partial charge >= 0.3 is 11.9 Å². The van der Waals surface area contributed by atoms with Crippen molar-refractivity contribution in [3.05, 3.63) is 108 Å². The Bertz CT molecular complexity index is 1630. The van der Waals surface area contributed by atoms with Gasteiger partial charge in [-0.15, -0.1) is 0 Å². The number of hydrogen-bond donors (Lipinski definition) is 0. The Kier molecular flexibility index (Phi) is 11.3. The maximum atomic E-state index is 13.1. The van der Waals surface area contributed by atoms with E-state index in [4.69, 9.17) is 18.9 Å². The average Bonchev–Trinajstić information content (AvgIpc) is 3.09. The molecule has 0 heterocycles. The van der Waals surface area contributed by atoms with Crippen LogP contribution in [-0.2, 0) is 15.0 Å². The van der Waals surface area contributed by atoms with Crippen molar-refractivity contribution in [3.8, 4) is 34.1 Å². The summed E-state index contributed by atoms with van der Waals surface area (Å²) in [5.41, 5.74) is 4.48. The zero-order valence-corrected chi connectivity index (χ0v) is 29.0. The van der Waals surface area contributed by atoms with E-state index >= 15 is 0 Å². The van der Waals surface area contributed by atoms with Crippen LogP contribution in [0.5, 0.6) is 23.0 Å². The van der Waals surface area contributed by atoms with Crippen molar-refractivity contribution >= 4 is 11.9 Å². The molecular weight excluding hydrogens is 600 g/mol. The quantitative estimate of drug-likeness (QED) is 0.112. The number of carbonyl (C=O) groups is 2. The fourth-order valence-electron chi connectivity index (χ4n) is 6.26. The van der Waals surface area contributed by atoms with E-state index < -0.39 is 12.0 Å². The first-order valence-electron chi connectivity index (χ1n) is 17.2. The van der Waals surface area contributed by atoms with Gasteiger partial charge in [0.2, 0.25) is 0 Å². The number of ether oxygens (including phenoxy) is 4. The Labute approximate surface area is 285 Å². The Morgan fingerprint density at radius 2 is 0.938 bits per heavy atom. The monoisotopic (exact) mass is 648 g/mol. The molecule has 2 atom stereocenters. The van der Waals surface area contributed by atoms with E-state index in [0.717, 1.165) is 29.7 Å². The zero-order valence-electron chi connectivity index (χ0n) is 29.0. The van der Waals surface area contributed by atoms with Gasteiger partial charge in [0.15, 0.2) is 0 Å². The molecule has 0 saturated heterocycles. The fraction of sp³-hybridized carbons (Fsp3) is 0.381. The van der Waals surface area contributed by atoms with Gasteiger partial charge in [0.05, 0.1) is 17.9 Å². The summed E-state index contributed by atoms with van der Waals surface area (Å²) in [5.74, 6) is 1.35. The van der Waals surface area contributed by atoms with Crippen molar-refractivity contribution in [2.75, 3.05) is 0 Å². The number of benzene rings is 4. The number of carbonyl (C=O) groups excluding carboxylic acids is 2.